The first kappa shape index (κ1) is 15.2. The number of halogens is 2. The maximum absolute atomic E-state index is 12.4. The SMILES string of the molecule is Cc1cc(Br)cc2c1N(CC1(CBr)CCCC1)C(=O)C2=O. The molecule has 5 heteroatoms. The molecule has 1 saturated carbocycles. The molecule has 1 aliphatic heterocycles. The van der Waals surface area contributed by atoms with Crippen LogP contribution in [0.4, 0.5) is 5.69 Å². The number of anilines is 1. The van der Waals surface area contributed by atoms with Crippen LogP contribution in [-0.4, -0.2) is 23.6 Å². The minimum Gasteiger partial charge on any atom is -0.304 e. The van der Waals surface area contributed by atoms with Crippen LogP contribution in [0, 0.1) is 12.3 Å². The van der Waals surface area contributed by atoms with Crippen LogP contribution in [0.25, 0.3) is 0 Å². The molecule has 0 radical (unpaired) electrons. The summed E-state index contributed by atoms with van der Waals surface area (Å²) in [4.78, 5) is 26.4. The second-order valence-corrected chi connectivity index (χ2v) is 7.66. The predicted molar refractivity (Wildman–Crippen MR) is 90.3 cm³/mol. The number of aryl methyl sites for hydroxylation is 1. The lowest BCUT2D eigenvalue weighted by Crippen LogP contribution is -2.40. The molecule has 1 heterocycles. The van der Waals surface area contributed by atoms with Crippen molar-refractivity contribution >= 4 is 49.2 Å². The van der Waals surface area contributed by atoms with Gasteiger partial charge in [-0.25, -0.2) is 0 Å². The van der Waals surface area contributed by atoms with Gasteiger partial charge in [0, 0.05) is 16.3 Å². The first-order chi connectivity index (χ1) is 9.97. The van der Waals surface area contributed by atoms with Crippen molar-refractivity contribution in [2.45, 2.75) is 32.6 Å². The molecule has 3 nitrogen and oxygen atoms in total. The van der Waals surface area contributed by atoms with E-state index in [1.54, 1.807) is 11.0 Å². The zero-order valence-corrected chi connectivity index (χ0v) is 15.1. The molecule has 0 aromatic heterocycles. The predicted octanol–water partition coefficient (Wildman–Crippen LogP) is 4.24. The summed E-state index contributed by atoms with van der Waals surface area (Å²) in [7, 11) is 0. The molecule has 0 bridgehead atoms. The average Bonchev–Trinajstić information content (AvgIpc) is 3.00. The normalized spacial score (nSPS) is 20.2. The summed E-state index contributed by atoms with van der Waals surface area (Å²) in [5, 5.41) is 0.878. The minimum atomic E-state index is -0.378. The fourth-order valence-corrected chi connectivity index (χ4v) is 4.86. The van der Waals surface area contributed by atoms with E-state index in [1.807, 2.05) is 13.0 Å². The van der Waals surface area contributed by atoms with E-state index in [2.05, 4.69) is 31.9 Å². The Morgan fingerprint density at radius 3 is 2.52 bits per heavy atom. The van der Waals surface area contributed by atoms with Crippen molar-refractivity contribution in [1.29, 1.82) is 0 Å². The fourth-order valence-electron chi connectivity index (χ4n) is 3.55. The van der Waals surface area contributed by atoms with Crippen LogP contribution >= 0.6 is 31.9 Å². The Labute approximate surface area is 141 Å². The lowest BCUT2D eigenvalue weighted by atomic mass is 9.88. The molecule has 3 rings (SSSR count). The van der Waals surface area contributed by atoms with Crippen LogP contribution < -0.4 is 4.90 Å². The molecule has 0 unspecified atom stereocenters. The van der Waals surface area contributed by atoms with Crippen molar-refractivity contribution in [3.05, 3.63) is 27.7 Å². The van der Waals surface area contributed by atoms with E-state index in [0.717, 1.165) is 33.9 Å². The molecule has 0 N–H and O–H groups in total. The number of carbonyl (C=O) groups is 2. The largest absolute Gasteiger partial charge is 0.304 e. The third-order valence-corrected chi connectivity index (χ3v) is 6.31. The molecule has 1 fully saturated rings. The highest BCUT2D eigenvalue weighted by molar-refractivity contribution is 9.10. The number of ketones is 1. The Morgan fingerprint density at radius 1 is 1.24 bits per heavy atom. The molecule has 1 aromatic rings. The zero-order valence-electron chi connectivity index (χ0n) is 11.9. The van der Waals surface area contributed by atoms with Gasteiger partial charge in [-0.2, -0.15) is 0 Å². The van der Waals surface area contributed by atoms with Gasteiger partial charge in [0.15, 0.2) is 0 Å². The van der Waals surface area contributed by atoms with Gasteiger partial charge in [-0.3, -0.25) is 9.59 Å². The summed E-state index contributed by atoms with van der Waals surface area (Å²) >= 11 is 7.02. The Hall–Kier alpha value is -0.680. The molecule has 0 saturated heterocycles. The fraction of sp³-hybridized carbons (Fsp3) is 0.500. The number of hydrogen-bond acceptors (Lipinski definition) is 2. The quantitative estimate of drug-likeness (QED) is 0.547. The average molecular weight is 415 g/mol. The summed E-state index contributed by atoms with van der Waals surface area (Å²) in [5.41, 5.74) is 2.42. The van der Waals surface area contributed by atoms with E-state index in [-0.39, 0.29) is 17.1 Å². The number of benzene rings is 1. The second kappa shape index (κ2) is 5.51. The Bertz CT molecular complexity index is 621. The highest BCUT2D eigenvalue weighted by atomic mass is 79.9. The zero-order chi connectivity index (χ0) is 15.2. The molecular formula is C16H17Br2NO2. The maximum Gasteiger partial charge on any atom is 0.299 e. The van der Waals surface area contributed by atoms with Crippen molar-refractivity contribution in [2.24, 2.45) is 5.41 Å². The number of nitrogens with zero attached hydrogens (tertiary/aromatic N) is 1. The topological polar surface area (TPSA) is 37.4 Å². The maximum atomic E-state index is 12.4. The molecule has 1 aliphatic carbocycles. The third kappa shape index (κ3) is 2.48. The summed E-state index contributed by atoms with van der Waals surface area (Å²) in [6.45, 7) is 2.59. The highest BCUT2D eigenvalue weighted by Gasteiger charge is 2.43. The number of Topliss-reactive ketones (excluding diaryl/α,β-unsaturated/α-hetero) is 1. The highest BCUT2D eigenvalue weighted by Crippen LogP contribution is 2.44. The van der Waals surface area contributed by atoms with E-state index in [9.17, 15) is 9.59 Å². The van der Waals surface area contributed by atoms with Crippen molar-refractivity contribution < 1.29 is 9.59 Å². The molecule has 2 aliphatic rings. The van der Waals surface area contributed by atoms with Gasteiger partial charge < -0.3 is 4.90 Å². The summed E-state index contributed by atoms with van der Waals surface area (Å²) < 4.78 is 0.845. The van der Waals surface area contributed by atoms with Crippen LogP contribution in [0.1, 0.15) is 41.6 Å². The number of fused-ring (bicyclic) bond motifs is 1. The van der Waals surface area contributed by atoms with Gasteiger partial charge in [0.1, 0.15) is 0 Å². The summed E-state index contributed by atoms with van der Waals surface area (Å²) in [6.07, 6.45) is 4.63. The molecule has 0 spiro atoms. The van der Waals surface area contributed by atoms with Gasteiger partial charge in [0.2, 0.25) is 0 Å². The van der Waals surface area contributed by atoms with Crippen LogP contribution in [-0.2, 0) is 4.79 Å². The van der Waals surface area contributed by atoms with Gasteiger partial charge in [-0.05, 0) is 42.9 Å². The van der Waals surface area contributed by atoms with E-state index in [1.165, 1.54) is 12.8 Å². The number of hydrogen-bond donors (Lipinski definition) is 0. The Kier molecular flexibility index (Phi) is 3.99. The number of alkyl halides is 1. The van der Waals surface area contributed by atoms with Crippen LogP contribution in [0.3, 0.4) is 0 Å². The lowest BCUT2D eigenvalue weighted by Gasteiger charge is -2.32. The number of amides is 1. The monoisotopic (exact) mass is 413 g/mol. The van der Waals surface area contributed by atoms with Gasteiger partial charge >= 0.3 is 0 Å². The van der Waals surface area contributed by atoms with Gasteiger partial charge in [-0.1, -0.05) is 44.7 Å². The summed E-state index contributed by atoms with van der Waals surface area (Å²) in [5.74, 6) is -0.754. The van der Waals surface area contributed by atoms with Gasteiger partial charge in [-0.15, -0.1) is 0 Å². The number of carbonyl (C=O) groups excluding carboxylic acids is 2. The van der Waals surface area contributed by atoms with Crippen LogP contribution in [0.2, 0.25) is 0 Å². The van der Waals surface area contributed by atoms with Crippen LogP contribution in [0.5, 0.6) is 0 Å². The minimum absolute atomic E-state index is 0.108. The molecule has 1 aromatic carbocycles. The Balaban J connectivity index is 2.01. The van der Waals surface area contributed by atoms with E-state index in [0.29, 0.717) is 12.1 Å². The van der Waals surface area contributed by atoms with Crippen molar-refractivity contribution in [2.75, 3.05) is 16.8 Å². The lowest BCUT2D eigenvalue weighted by molar-refractivity contribution is -0.114. The third-order valence-electron chi connectivity index (χ3n) is 4.66. The van der Waals surface area contributed by atoms with E-state index < -0.39 is 0 Å². The van der Waals surface area contributed by atoms with E-state index in [4.69, 9.17) is 0 Å². The molecule has 1 amide bonds. The van der Waals surface area contributed by atoms with Crippen molar-refractivity contribution in [1.82, 2.24) is 0 Å². The standard InChI is InChI=1S/C16H17Br2NO2/c1-10-6-11(18)7-12-13(10)19(15(21)14(12)20)9-16(8-17)4-2-3-5-16/h6-7H,2-5,8-9H2,1H3. The molecule has 21 heavy (non-hydrogen) atoms. The second-order valence-electron chi connectivity index (χ2n) is 6.18. The summed E-state index contributed by atoms with van der Waals surface area (Å²) in [6, 6.07) is 3.73. The van der Waals surface area contributed by atoms with E-state index >= 15 is 0 Å². The molecular weight excluding hydrogens is 398 g/mol. The van der Waals surface area contributed by atoms with Crippen molar-refractivity contribution in [3.8, 4) is 0 Å². The number of rotatable bonds is 3. The van der Waals surface area contributed by atoms with Gasteiger partial charge in [0.25, 0.3) is 11.7 Å². The van der Waals surface area contributed by atoms with Crippen molar-refractivity contribution in [3.63, 3.8) is 0 Å². The smallest absolute Gasteiger partial charge is 0.299 e. The first-order valence-corrected chi connectivity index (χ1v) is 9.11. The van der Waals surface area contributed by atoms with Crippen LogP contribution in [0.15, 0.2) is 16.6 Å². The molecule has 0 atom stereocenters. The van der Waals surface area contributed by atoms with Gasteiger partial charge in [0.05, 0.1) is 11.3 Å². The first-order valence-electron chi connectivity index (χ1n) is 7.20. The Morgan fingerprint density at radius 2 is 1.90 bits per heavy atom. The molecule has 112 valence electrons.